The lowest BCUT2D eigenvalue weighted by molar-refractivity contribution is -0.127. The predicted octanol–water partition coefficient (Wildman–Crippen LogP) is 3.04. The molecule has 33 heavy (non-hydrogen) atoms. The Balaban J connectivity index is 1.31. The fraction of sp³-hybridized carbons (Fsp3) is 0.462. The van der Waals surface area contributed by atoms with Crippen LogP contribution < -0.4 is 10.6 Å². The van der Waals surface area contributed by atoms with Crippen LogP contribution >= 0.6 is 0 Å². The van der Waals surface area contributed by atoms with E-state index in [1.165, 1.54) is 0 Å². The number of piperazine rings is 1. The van der Waals surface area contributed by atoms with Gasteiger partial charge < -0.3 is 20.4 Å². The number of hydrogen-bond acceptors (Lipinski definition) is 4. The van der Waals surface area contributed by atoms with Crippen LogP contribution in [-0.4, -0.2) is 79.5 Å². The Morgan fingerprint density at radius 3 is 2.12 bits per heavy atom. The van der Waals surface area contributed by atoms with Gasteiger partial charge in [-0.05, 0) is 37.6 Å². The molecular formula is C26H35N5O2. The summed E-state index contributed by atoms with van der Waals surface area (Å²) in [6.07, 6.45) is 1.37. The average Bonchev–Trinajstić information content (AvgIpc) is 2.86. The lowest BCUT2D eigenvalue weighted by Crippen LogP contribution is -2.49. The first-order valence-corrected chi connectivity index (χ1v) is 12.0. The first-order chi connectivity index (χ1) is 16.1. The van der Waals surface area contributed by atoms with Crippen molar-refractivity contribution < 1.29 is 9.59 Å². The number of para-hydroxylation sites is 1. The Morgan fingerprint density at radius 2 is 1.48 bits per heavy atom. The number of likely N-dealkylation sites (tertiary alicyclic amines) is 1. The number of piperidine rings is 1. The summed E-state index contributed by atoms with van der Waals surface area (Å²) in [6.45, 7) is 6.14. The summed E-state index contributed by atoms with van der Waals surface area (Å²) < 4.78 is 0. The van der Waals surface area contributed by atoms with Crippen molar-refractivity contribution in [3.05, 3.63) is 66.2 Å². The highest BCUT2D eigenvalue weighted by molar-refractivity contribution is 5.89. The van der Waals surface area contributed by atoms with Crippen LogP contribution in [0.25, 0.3) is 0 Å². The molecule has 7 heteroatoms. The topological polar surface area (TPSA) is 67.9 Å². The van der Waals surface area contributed by atoms with Crippen molar-refractivity contribution in [2.24, 2.45) is 5.92 Å². The van der Waals surface area contributed by atoms with Gasteiger partial charge in [0.1, 0.15) is 0 Å². The largest absolute Gasteiger partial charge is 0.348 e. The average molecular weight is 450 g/mol. The van der Waals surface area contributed by atoms with E-state index in [-0.39, 0.29) is 23.9 Å². The molecule has 3 amide bonds. The summed E-state index contributed by atoms with van der Waals surface area (Å²) in [5, 5.41) is 6.27. The molecule has 0 aliphatic carbocycles. The zero-order chi connectivity index (χ0) is 23.0. The van der Waals surface area contributed by atoms with Gasteiger partial charge in [0.25, 0.3) is 0 Å². The first-order valence-electron chi connectivity index (χ1n) is 12.0. The maximum atomic E-state index is 13.2. The van der Waals surface area contributed by atoms with E-state index in [1.807, 2.05) is 48.5 Å². The van der Waals surface area contributed by atoms with E-state index in [0.29, 0.717) is 25.9 Å². The normalized spacial score (nSPS) is 19.1. The molecule has 2 aliphatic heterocycles. The molecule has 2 aliphatic rings. The van der Waals surface area contributed by atoms with Gasteiger partial charge in [-0.25, -0.2) is 4.79 Å². The number of rotatable bonds is 6. The van der Waals surface area contributed by atoms with E-state index in [9.17, 15) is 9.59 Å². The number of urea groups is 1. The predicted molar refractivity (Wildman–Crippen MR) is 131 cm³/mol. The third-order valence-electron chi connectivity index (χ3n) is 6.73. The third-order valence-corrected chi connectivity index (χ3v) is 6.73. The van der Waals surface area contributed by atoms with Crippen LogP contribution in [0, 0.1) is 5.92 Å². The van der Waals surface area contributed by atoms with Crippen LogP contribution in [0.3, 0.4) is 0 Å². The summed E-state index contributed by atoms with van der Waals surface area (Å²) >= 11 is 0. The Labute approximate surface area is 196 Å². The molecule has 176 valence electrons. The lowest BCUT2D eigenvalue weighted by Gasteiger charge is -2.36. The molecule has 4 rings (SSSR count). The van der Waals surface area contributed by atoms with Crippen LogP contribution in [-0.2, 0) is 4.79 Å². The molecule has 2 saturated heterocycles. The van der Waals surface area contributed by atoms with E-state index in [2.05, 4.69) is 39.6 Å². The fourth-order valence-electron chi connectivity index (χ4n) is 4.57. The van der Waals surface area contributed by atoms with Crippen molar-refractivity contribution in [3.63, 3.8) is 0 Å². The van der Waals surface area contributed by atoms with E-state index in [4.69, 9.17) is 0 Å². The molecule has 2 heterocycles. The van der Waals surface area contributed by atoms with Gasteiger partial charge in [-0.2, -0.15) is 0 Å². The molecule has 0 bridgehead atoms. The molecule has 2 N–H and O–H groups in total. The second-order valence-electron chi connectivity index (χ2n) is 9.13. The van der Waals surface area contributed by atoms with Crippen molar-refractivity contribution in [2.45, 2.75) is 18.9 Å². The Hall–Kier alpha value is -2.90. The molecule has 0 aromatic heterocycles. The van der Waals surface area contributed by atoms with Crippen molar-refractivity contribution in [2.75, 3.05) is 58.2 Å². The Morgan fingerprint density at radius 1 is 0.879 bits per heavy atom. The smallest absolute Gasteiger partial charge is 0.321 e. The molecule has 7 nitrogen and oxygen atoms in total. The second-order valence-corrected chi connectivity index (χ2v) is 9.13. The van der Waals surface area contributed by atoms with Crippen LogP contribution in [0.15, 0.2) is 60.7 Å². The van der Waals surface area contributed by atoms with Gasteiger partial charge >= 0.3 is 6.03 Å². The monoisotopic (exact) mass is 449 g/mol. The summed E-state index contributed by atoms with van der Waals surface area (Å²) in [5.41, 5.74) is 1.93. The Kier molecular flexibility index (Phi) is 7.96. The molecule has 2 aromatic carbocycles. The first kappa shape index (κ1) is 23.3. The minimum absolute atomic E-state index is 0.0264. The highest BCUT2D eigenvalue weighted by Crippen LogP contribution is 2.22. The fourth-order valence-corrected chi connectivity index (χ4v) is 4.57. The van der Waals surface area contributed by atoms with Gasteiger partial charge in [0.15, 0.2) is 0 Å². The van der Waals surface area contributed by atoms with Crippen LogP contribution in [0.4, 0.5) is 10.5 Å². The summed E-state index contributed by atoms with van der Waals surface area (Å²) in [4.78, 5) is 32.3. The molecular weight excluding hydrogens is 414 g/mol. The number of nitrogens with one attached hydrogen (secondary N) is 2. The number of likely N-dealkylation sites (N-methyl/N-ethyl adjacent to an activating group) is 1. The van der Waals surface area contributed by atoms with Gasteiger partial charge in [0, 0.05) is 57.4 Å². The van der Waals surface area contributed by atoms with Crippen molar-refractivity contribution in [1.29, 1.82) is 0 Å². The zero-order valence-electron chi connectivity index (χ0n) is 19.5. The molecule has 2 aromatic rings. The van der Waals surface area contributed by atoms with Crippen molar-refractivity contribution in [1.82, 2.24) is 20.0 Å². The number of benzene rings is 2. The van der Waals surface area contributed by atoms with Crippen LogP contribution in [0.5, 0.6) is 0 Å². The Bertz CT molecular complexity index is 891. The van der Waals surface area contributed by atoms with E-state index in [1.54, 1.807) is 4.90 Å². The maximum Gasteiger partial charge on any atom is 0.321 e. The highest BCUT2D eigenvalue weighted by Gasteiger charge is 2.29. The number of hydrogen-bond donors (Lipinski definition) is 2. The quantitative estimate of drug-likeness (QED) is 0.711. The van der Waals surface area contributed by atoms with Gasteiger partial charge in [-0.15, -0.1) is 0 Å². The van der Waals surface area contributed by atoms with E-state index >= 15 is 0 Å². The molecule has 1 atom stereocenters. The maximum absolute atomic E-state index is 13.2. The number of amides is 3. The van der Waals surface area contributed by atoms with Gasteiger partial charge in [0.2, 0.25) is 5.91 Å². The van der Waals surface area contributed by atoms with Crippen LogP contribution in [0.2, 0.25) is 0 Å². The molecule has 1 unspecified atom stereocenters. The molecule has 0 spiro atoms. The van der Waals surface area contributed by atoms with E-state index < -0.39 is 0 Å². The number of carbonyl (C=O) groups excluding carboxylic acids is 2. The zero-order valence-corrected chi connectivity index (χ0v) is 19.5. The van der Waals surface area contributed by atoms with E-state index in [0.717, 1.165) is 44.0 Å². The minimum Gasteiger partial charge on any atom is -0.348 e. The lowest BCUT2D eigenvalue weighted by atomic mass is 9.95. The van der Waals surface area contributed by atoms with Crippen molar-refractivity contribution in [3.8, 4) is 0 Å². The minimum atomic E-state index is -0.0997. The second kappa shape index (κ2) is 11.3. The SMILES string of the molecule is CN1CCN(CC(NC(=O)C2CCN(C(=O)Nc3ccccc3)CC2)c2ccccc2)CC1. The molecule has 0 radical (unpaired) electrons. The summed E-state index contributed by atoms with van der Waals surface area (Å²) in [6, 6.07) is 19.6. The highest BCUT2D eigenvalue weighted by atomic mass is 16.2. The van der Waals surface area contributed by atoms with Gasteiger partial charge in [0.05, 0.1) is 6.04 Å². The van der Waals surface area contributed by atoms with Crippen molar-refractivity contribution >= 4 is 17.6 Å². The number of carbonyl (C=O) groups is 2. The number of anilines is 1. The number of nitrogens with zero attached hydrogens (tertiary/aromatic N) is 3. The van der Waals surface area contributed by atoms with Gasteiger partial charge in [-0.3, -0.25) is 9.69 Å². The third kappa shape index (κ3) is 6.55. The van der Waals surface area contributed by atoms with Gasteiger partial charge in [-0.1, -0.05) is 48.5 Å². The summed E-state index contributed by atoms with van der Waals surface area (Å²) in [5.74, 6) is 0.0329. The molecule has 0 saturated carbocycles. The standard InChI is InChI=1S/C26H35N5O2/c1-29-16-18-30(19-17-29)20-24(21-8-4-2-5-9-21)28-25(32)22-12-14-31(15-13-22)26(33)27-23-10-6-3-7-11-23/h2-11,22,24H,12-20H2,1H3,(H,27,33)(H,28,32). The van der Waals surface area contributed by atoms with Crippen LogP contribution in [0.1, 0.15) is 24.4 Å². The summed E-state index contributed by atoms with van der Waals surface area (Å²) in [7, 11) is 2.15. The molecule has 2 fully saturated rings.